The lowest BCUT2D eigenvalue weighted by Gasteiger charge is -2.20. The predicted molar refractivity (Wildman–Crippen MR) is 60.7 cm³/mol. The highest BCUT2D eigenvalue weighted by atomic mass is 15.2. The van der Waals surface area contributed by atoms with Gasteiger partial charge in [0.25, 0.3) is 0 Å². The number of rotatable bonds is 2. The molecule has 1 aromatic heterocycles. The monoisotopic (exact) mass is 203 g/mol. The average Bonchev–Trinajstić information content (AvgIpc) is 2.70. The SMILES string of the molecule is Cc1ccnc(N2CC3C(CN)C3C2)c1. The molecule has 2 heterocycles. The molecule has 3 nitrogen and oxygen atoms in total. The average molecular weight is 203 g/mol. The standard InChI is InChI=1S/C12H17N3/c1-8-2-3-14-12(4-8)15-6-10-9(5-13)11(10)7-15/h2-4,9-11H,5-7,13H2,1H3. The lowest BCUT2D eigenvalue weighted by Crippen LogP contribution is -2.26. The predicted octanol–water partition coefficient (Wildman–Crippen LogP) is 1.03. The van der Waals surface area contributed by atoms with Gasteiger partial charge in [-0.25, -0.2) is 4.98 Å². The maximum atomic E-state index is 5.70. The van der Waals surface area contributed by atoms with Crippen LogP contribution in [0.3, 0.4) is 0 Å². The zero-order chi connectivity index (χ0) is 10.4. The highest BCUT2D eigenvalue weighted by Gasteiger charge is 2.54. The van der Waals surface area contributed by atoms with Crippen LogP contribution in [-0.2, 0) is 0 Å². The highest BCUT2D eigenvalue weighted by molar-refractivity contribution is 5.43. The molecule has 3 rings (SSSR count). The number of nitrogens with two attached hydrogens (primary N) is 1. The fraction of sp³-hybridized carbons (Fsp3) is 0.583. The molecule has 2 unspecified atom stereocenters. The van der Waals surface area contributed by atoms with Gasteiger partial charge in [0.15, 0.2) is 0 Å². The Morgan fingerprint density at radius 3 is 2.80 bits per heavy atom. The Morgan fingerprint density at radius 2 is 2.20 bits per heavy atom. The number of pyridine rings is 1. The molecule has 0 bridgehead atoms. The van der Waals surface area contributed by atoms with E-state index in [1.54, 1.807) is 0 Å². The van der Waals surface area contributed by atoms with Crippen molar-refractivity contribution in [3.05, 3.63) is 23.9 Å². The van der Waals surface area contributed by atoms with Crippen molar-refractivity contribution >= 4 is 5.82 Å². The van der Waals surface area contributed by atoms with Gasteiger partial charge in [-0.15, -0.1) is 0 Å². The first-order valence-corrected chi connectivity index (χ1v) is 5.67. The van der Waals surface area contributed by atoms with Crippen LogP contribution < -0.4 is 10.6 Å². The smallest absolute Gasteiger partial charge is 0.128 e. The number of hydrogen-bond donors (Lipinski definition) is 1. The Balaban J connectivity index is 1.72. The summed E-state index contributed by atoms with van der Waals surface area (Å²) in [5, 5.41) is 0. The Labute approximate surface area is 90.3 Å². The molecule has 1 aliphatic carbocycles. The van der Waals surface area contributed by atoms with E-state index in [-0.39, 0.29) is 0 Å². The summed E-state index contributed by atoms with van der Waals surface area (Å²) in [5.74, 6) is 3.62. The Bertz CT molecular complexity index is 365. The Kier molecular flexibility index (Phi) is 1.96. The number of aromatic nitrogens is 1. The third-order valence-corrected chi connectivity index (χ3v) is 3.87. The van der Waals surface area contributed by atoms with Gasteiger partial charge in [0.05, 0.1) is 0 Å². The highest BCUT2D eigenvalue weighted by Crippen LogP contribution is 2.51. The number of fused-ring (bicyclic) bond motifs is 1. The van der Waals surface area contributed by atoms with E-state index in [0.29, 0.717) is 0 Å². The molecule has 2 aliphatic rings. The molecule has 1 saturated carbocycles. The minimum absolute atomic E-state index is 0.797. The summed E-state index contributed by atoms with van der Waals surface area (Å²) in [6.07, 6.45) is 1.90. The summed E-state index contributed by atoms with van der Waals surface area (Å²) in [5.41, 5.74) is 6.99. The number of nitrogens with zero attached hydrogens (tertiary/aromatic N) is 2. The van der Waals surface area contributed by atoms with Crippen LogP contribution in [-0.4, -0.2) is 24.6 Å². The third kappa shape index (κ3) is 1.42. The second-order valence-corrected chi connectivity index (χ2v) is 4.82. The number of piperidine rings is 1. The summed E-state index contributed by atoms with van der Waals surface area (Å²) >= 11 is 0. The van der Waals surface area contributed by atoms with Gasteiger partial charge in [0.1, 0.15) is 5.82 Å². The second kappa shape index (κ2) is 3.20. The van der Waals surface area contributed by atoms with Crippen LogP contribution in [0.4, 0.5) is 5.82 Å². The van der Waals surface area contributed by atoms with Gasteiger partial charge >= 0.3 is 0 Å². The Hall–Kier alpha value is -1.09. The lowest BCUT2D eigenvalue weighted by atomic mass is 10.2. The summed E-state index contributed by atoms with van der Waals surface area (Å²) in [6.45, 7) is 5.29. The Morgan fingerprint density at radius 1 is 1.47 bits per heavy atom. The zero-order valence-electron chi connectivity index (χ0n) is 9.06. The van der Waals surface area contributed by atoms with Crippen molar-refractivity contribution in [3.8, 4) is 0 Å². The van der Waals surface area contributed by atoms with Crippen molar-refractivity contribution in [2.24, 2.45) is 23.5 Å². The quantitative estimate of drug-likeness (QED) is 0.780. The topological polar surface area (TPSA) is 42.2 Å². The maximum absolute atomic E-state index is 5.70. The molecule has 0 spiro atoms. The van der Waals surface area contributed by atoms with Crippen LogP contribution >= 0.6 is 0 Å². The van der Waals surface area contributed by atoms with E-state index in [4.69, 9.17) is 5.73 Å². The van der Waals surface area contributed by atoms with Crippen molar-refractivity contribution in [2.45, 2.75) is 6.92 Å². The molecule has 2 N–H and O–H groups in total. The lowest BCUT2D eigenvalue weighted by molar-refractivity contribution is 0.644. The van der Waals surface area contributed by atoms with Crippen molar-refractivity contribution in [1.82, 2.24) is 4.98 Å². The molecule has 1 saturated heterocycles. The van der Waals surface area contributed by atoms with E-state index in [0.717, 1.165) is 43.2 Å². The molecule has 2 atom stereocenters. The largest absolute Gasteiger partial charge is 0.356 e. The van der Waals surface area contributed by atoms with E-state index in [9.17, 15) is 0 Å². The van der Waals surface area contributed by atoms with Gasteiger partial charge in [-0.3, -0.25) is 0 Å². The molecule has 0 amide bonds. The first-order chi connectivity index (χ1) is 7.29. The molecule has 0 radical (unpaired) electrons. The fourth-order valence-electron chi connectivity index (χ4n) is 2.88. The van der Waals surface area contributed by atoms with Gasteiger partial charge in [0.2, 0.25) is 0 Å². The van der Waals surface area contributed by atoms with Crippen molar-refractivity contribution in [3.63, 3.8) is 0 Å². The first-order valence-electron chi connectivity index (χ1n) is 5.67. The molecule has 1 aliphatic heterocycles. The summed E-state index contributed by atoms with van der Waals surface area (Å²) in [6, 6.07) is 4.21. The fourth-order valence-corrected chi connectivity index (χ4v) is 2.88. The number of hydrogen-bond acceptors (Lipinski definition) is 3. The van der Waals surface area contributed by atoms with E-state index in [1.807, 2.05) is 12.3 Å². The van der Waals surface area contributed by atoms with Gasteiger partial charge in [-0.2, -0.15) is 0 Å². The van der Waals surface area contributed by atoms with Crippen LogP contribution in [0.15, 0.2) is 18.3 Å². The number of aryl methyl sites for hydroxylation is 1. The molecular weight excluding hydrogens is 186 g/mol. The summed E-state index contributed by atoms with van der Waals surface area (Å²) in [7, 11) is 0. The van der Waals surface area contributed by atoms with E-state index in [2.05, 4.69) is 22.9 Å². The van der Waals surface area contributed by atoms with Crippen LogP contribution in [0, 0.1) is 24.7 Å². The minimum Gasteiger partial charge on any atom is -0.356 e. The van der Waals surface area contributed by atoms with E-state index in [1.165, 1.54) is 5.56 Å². The molecule has 2 fully saturated rings. The molecule has 80 valence electrons. The third-order valence-electron chi connectivity index (χ3n) is 3.87. The van der Waals surface area contributed by atoms with Crippen molar-refractivity contribution < 1.29 is 0 Å². The van der Waals surface area contributed by atoms with Crippen LogP contribution in [0.25, 0.3) is 0 Å². The van der Waals surface area contributed by atoms with Gasteiger partial charge in [0, 0.05) is 19.3 Å². The van der Waals surface area contributed by atoms with E-state index < -0.39 is 0 Å². The number of anilines is 1. The zero-order valence-corrected chi connectivity index (χ0v) is 9.06. The molecule has 15 heavy (non-hydrogen) atoms. The molecule has 1 aromatic rings. The van der Waals surface area contributed by atoms with Crippen molar-refractivity contribution in [2.75, 3.05) is 24.5 Å². The molecule has 0 aromatic carbocycles. The van der Waals surface area contributed by atoms with E-state index >= 15 is 0 Å². The second-order valence-electron chi connectivity index (χ2n) is 4.82. The summed E-state index contributed by atoms with van der Waals surface area (Å²) < 4.78 is 0. The summed E-state index contributed by atoms with van der Waals surface area (Å²) in [4.78, 5) is 6.82. The van der Waals surface area contributed by atoms with Crippen LogP contribution in [0.1, 0.15) is 5.56 Å². The normalized spacial score (nSPS) is 32.9. The van der Waals surface area contributed by atoms with Gasteiger partial charge in [-0.1, -0.05) is 0 Å². The van der Waals surface area contributed by atoms with Crippen LogP contribution in [0.5, 0.6) is 0 Å². The maximum Gasteiger partial charge on any atom is 0.128 e. The molecular formula is C12H17N3. The van der Waals surface area contributed by atoms with Crippen LogP contribution in [0.2, 0.25) is 0 Å². The minimum atomic E-state index is 0.797. The molecule has 3 heteroatoms. The van der Waals surface area contributed by atoms with Crippen molar-refractivity contribution in [1.29, 1.82) is 0 Å². The first kappa shape index (κ1) is 9.16. The van der Waals surface area contributed by atoms with Gasteiger partial charge in [-0.05, 0) is 48.9 Å². The van der Waals surface area contributed by atoms with Gasteiger partial charge < -0.3 is 10.6 Å².